The van der Waals surface area contributed by atoms with Crippen molar-refractivity contribution >= 4 is 21.9 Å². The van der Waals surface area contributed by atoms with Crippen LogP contribution in [0.15, 0.2) is 0 Å². The molecule has 0 saturated carbocycles. The van der Waals surface area contributed by atoms with Crippen LogP contribution in [0.4, 0.5) is 0 Å². The molecule has 20 heavy (non-hydrogen) atoms. The van der Waals surface area contributed by atoms with E-state index in [1.54, 1.807) is 4.90 Å². The van der Waals surface area contributed by atoms with Gasteiger partial charge in [-0.15, -0.1) is 0 Å². The quantitative estimate of drug-likeness (QED) is 0.765. The first-order valence-corrected chi connectivity index (χ1v) is 8.60. The van der Waals surface area contributed by atoms with E-state index >= 15 is 0 Å². The lowest BCUT2D eigenvalue weighted by molar-refractivity contribution is -0.141. The molecule has 2 aliphatic heterocycles. The summed E-state index contributed by atoms with van der Waals surface area (Å²) in [6.45, 7) is 1.36. The molecule has 2 heterocycles. The maximum absolute atomic E-state index is 12.4. The summed E-state index contributed by atoms with van der Waals surface area (Å²) in [4.78, 5) is 24.8. The summed E-state index contributed by atoms with van der Waals surface area (Å²) in [7, 11) is -3.27. The smallest absolute Gasteiger partial charge is 0.308 e. The largest absolute Gasteiger partial charge is 0.481 e. The molecule has 1 N–H and O–H groups in total. The van der Waals surface area contributed by atoms with Gasteiger partial charge in [0.25, 0.3) is 0 Å². The number of rotatable bonds is 3. The lowest BCUT2D eigenvalue weighted by atomic mass is 9.98. The molecule has 0 bridgehead atoms. The zero-order valence-electron chi connectivity index (χ0n) is 11.5. The Morgan fingerprint density at radius 3 is 2.35 bits per heavy atom. The number of carbonyl (C=O) groups is 2. The normalized spacial score (nSPS) is 28.6. The number of sulfonamides is 1. The molecule has 0 unspecified atom stereocenters. The molecule has 1 amide bonds. The van der Waals surface area contributed by atoms with Crippen molar-refractivity contribution < 1.29 is 23.1 Å². The topological polar surface area (TPSA) is 95.0 Å². The van der Waals surface area contributed by atoms with Gasteiger partial charge in [-0.05, 0) is 19.3 Å². The molecule has 2 rings (SSSR count). The minimum Gasteiger partial charge on any atom is -0.481 e. The molecule has 0 aliphatic carbocycles. The van der Waals surface area contributed by atoms with Crippen LogP contribution in [0.3, 0.4) is 0 Å². The number of nitrogens with zero attached hydrogens (tertiary/aromatic N) is 2. The Labute approximate surface area is 118 Å². The van der Waals surface area contributed by atoms with Crippen LogP contribution in [-0.2, 0) is 19.6 Å². The first-order valence-electron chi connectivity index (χ1n) is 6.75. The third-order valence-corrected chi connectivity index (χ3v) is 5.32. The van der Waals surface area contributed by atoms with E-state index in [1.807, 2.05) is 0 Å². The number of carboxylic acid groups (broad SMARTS) is 1. The summed E-state index contributed by atoms with van der Waals surface area (Å²) in [5, 5.41) is 8.95. The monoisotopic (exact) mass is 304 g/mol. The summed E-state index contributed by atoms with van der Waals surface area (Å²) in [5.41, 5.74) is 0. The van der Waals surface area contributed by atoms with Gasteiger partial charge in [-0.1, -0.05) is 0 Å². The van der Waals surface area contributed by atoms with Gasteiger partial charge in [-0.3, -0.25) is 9.59 Å². The van der Waals surface area contributed by atoms with Crippen molar-refractivity contribution in [3.05, 3.63) is 0 Å². The van der Waals surface area contributed by atoms with Crippen molar-refractivity contribution in [2.24, 2.45) is 11.8 Å². The van der Waals surface area contributed by atoms with Crippen molar-refractivity contribution in [3.8, 4) is 0 Å². The van der Waals surface area contributed by atoms with Crippen molar-refractivity contribution in [1.29, 1.82) is 0 Å². The van der Waals surface area contributed by atoms with Gasteiger partial charge in [0.05, 0.1) is 18.1 Å². The highest BCUT2D eigenvalue weighted by molar-refractivity contribution is 7.88. The van der Waals surface area contributed by atoms with Crippen LogP contribution in [0.2, 0.25) is 0 Å². The van der Waals surface area contributed by atoms with Crippen LogP contribution in [-0.4, -0.2) is 67.0 Å². The second-order valence-corrected chi connectivity index (χ2v) is 7.55. The van der Waals surface area contributed by atoms with Gasteiger partial charge in [-0.2, -0.15) is 0 Å². The molecule has 2 aliphatic rings. The van der Waals surface area contributed by atoms with E-state index in [4.69, 9.17) is 5.11 Å². The number of hydrogen-bond acceptors (Lipinski definition) is 4. The van der Waals surface area contributed by atoms with Crippen LogP contribution in [0, 0.1) is 11.8 Å². The summed E-state index contributed by atoms with van der Waals surface area (Å²) in [6, 6.07) is 0. The molecule has 0 spiro atoms. The molecule has 0 aromatic rings. The van der Waals surface area contributed by atoms with E-state index in [1.165, 1.54) is 4.31 Å². The molecule has 7 nitrogen and oxygen atoms in total. The third kappa shape index (κ3) is 3.29. The van der Waals surface area contributed by atoms with E-state index in [9.17, 15) is 18.0 Å². The first kappa shape index (κ1) is 15.2. The van der Waals surface area contributed by atoms with Crippen molar-refractivity contribution in [3.63, 3.8) is 0 Å². The molecular weight excluding hydrogens is 284 g/mol. The minimum absolute atomic E-state index is 0.109. The van der Waals surface area contributed by atoms with Gasteiger partial charge in [0.15, 0.2) is 0 Å². The predicted octanol–water partition coefficient (Wildman–Crippen LogP) is -0.409. The number of amides is 1. The Hall–Kier alpha value is -1.15. The van der Waals surface area contributed by atoms with E-state index < -0.39 is 21.9 Å². The Morgan fingerprint density at radius 2 is 1.80 bits per heavy atom. The first-order chi connectivity index (χ1) is 9.29. The minimum atomic E-state index is -3.27. The fraction of sp³-hybridized carbons (Fsp3) is 0.833. The second-order valence-electron chi connectivity index (χ2n) is 5.57. The van der Waals surface area contributed by atoms with Gasteiger partial charge in [0, 0.05) is 26.2 Å². The highest BCUT2D eigenvalue weighted by Gasteiger charge is 2.36. The SMILES string of the molecule is CS(=O)(=O)N1CCC[C@@H](C(=O)N2CC[C@@H](C(=O)O)C2)C1. The molecule has 8 heteroatoms. The average molecular weight is 304 g/mol. The van der Waals surface area contributed by atoms with Crippen LogP contribution in [0.5, 0.6) is 0 Å². The molecule has 2 fully saturated rings. The Morgan fingerprint density at radius 1 is 1.10 bits per heavy atom. The molecule has 114 valence electrons. The summed E-state index contributed by atoms with van der Waals surface area (Å²) < 4.78 is 24.4. The maximum atomic E-state index is 12.4. The maximum Gasteiger partial charge on any atom is 0.308 e. The fourth-order valence-electron chi connectivity index (χ4n) is 2.87. The van der Waals surface area contributed by atoms with Crippen molar-refractivity contribution in [2.45, 2.75) is 19.3 Å². The highest BCUT2D eigenvalue weighted by atomic mass is 32.2. The van der Waals surface area contributed by atoms with Crippen LogP contribution < -0.4 is 0 Å². The van der Waals surface area contributed by atoms with E-state index in [0.717, 1.165) is 6.26 Å². The Bertz CT molecular complexity index is 504. The number of aliphatic carboxylic acids is 1. The van der Waals surface area contributed by atoms with Crippen molar-refractivity contribution in [2.75, 3.05) is 32.4 Å². The standard InChI is InChI=1S/C12H20N2O5S/c1-20(18,19)14-5-2-3-9(8-14)11(15)13-6-4-10(7-13)12(16)17/h9-10H,2-8H2,1H3,(H,16,17)/t9-,10-/m1/s1. The number of hydrogen-bond donors (Lipinski definition) is 1. The van der Waals surface area contributed by atoms with Crippen LogP contribution in [0.1, 0.15) is 19.3 Å². The van der Waals surface area contributed by atoms with Gasteiger partial charge in [0.2, 0.25) is 15.9 Å². The number of piperidine rings is 1. The third-order valence-electron chi connectivity index (χ3n) is 4.05. The van der Waals surface area contributed by atoms with Crippen molar-refractivity contribution in [1.82, 2.24) is 9.21 Å². The fourth-order valence-corrected chi connectivity index (χ4v) is 3.78. The van der Waals surface area contributed by atoms with Gasteiger partial charge in [0.1, 0.15) is 0 Å². The van der Waals surface area contributed by atoms with Gasteiger partial charge < -0.3 is 10.0 Å². The van der Waals surface area contributed by atoms with E-state index in [0.29, 0.717) is 32.4 Å². The van der Waals surface area contributed by atoms with Crippen LogP contribution in [0.25, 0.3) is 0 Å². The second kappa shape index (κ2) is 5.69. The number of carboxylic acids is 1. The molecule has 0 radical (unpaired) electrons. The lowest BCUT2D eigenvalue weighted by Crippen LogP contribution is -2.46. The van der Waals surface area contributed by atoms with Gasteiger partial charge in [-0.25, -0.2) is 12.7 Å². The summed E-state index contributed by atoms with van der Waals surface area (Å²) in [6.07, 6.45) is 2.96. The van der Waals surface area contributed by atoms with E-state index in [2.05, 4.69) is 0 Å². The molecular formula is C12H20N2O5S. The summed E-state index contributed by atoms with van der Waals surface area (Å²) >= 11 is 0. The predicted molar refractivity (Wildman–Crippen MR) is 71.5 cm³/mol. The number of likely N-dealkylation sites (tertiary alicyclic amines) is 1. The molecule has 0 aromatic carbocycles. The zero-order valence-corrected chi connectivity index (χ0v) is 12.3. The Kier molecular flexibility index (Phi) is 4.33. The lowest BCUT2D eigenvalue weighted by Gasteiger charge is -2.32. The highest BCUT2D eigenvalue weighted by Crippen LogP contribution is 2.24. The zero-order chi connectivity index (χ0) is 14.9. The van der Waals surface area contributed by atoms with Crippen LogP contribution >= 0.6 is 0 Å². The molecule has 2 atom stereocenters. The molecule has 0 aromatic heterocycles. The average Bonchev–Trinajstić information content (AvgIpc) is 2.87. The molecule has 2 saturated heterocycles. The summed E-state index contributed by atoms with van der Waals surface area (Å²) in [5.74, 6) is -1.82. The number of carbonyl (C=O) groups excluding carboxylic acids is 1. The van der Waals surface area contributed by atoms with Gasteiger partial charge >= 0.3 is 5.97 Å². The Balaban J connectivity index is 1.98. The van der Waals surface area contributed by atoms with E-state index in [-0.39, 0.29) is 24.9 Å².